The van der Waals surface area contributed by atoms with E-state index in [2.05, 4.69) is 182 Å². The average molecular weight is 655 g/mol. The molecule has 0 bridgehead atoms. The first-order chi connectivity index (χ1) is 25.8. The van der Waals surface area contributed by atoms with E-state index in [0.29, 0.717) is 0 Å². The maximum Gasteiger partial charge on any atom is -0.000696 e. The van der Waals surface area contributed by atoms with Crippen LogP contribution >= 0.6 is 0 Å². The van der Waals surface area contributed by atoms with E-state index in [-0.39, 0.29) is 0 Å². The van der Waals surface area contributed by atoms with Gasteiger partial charge < -0.3 is 0 Å². The van der Waals surface area contributed by atoms with Crippen LogP contribution in [0.3, 0.4) is 0 Å². The minimum absolute atomic E-state index is 1.26. The monoisotopic (exact) mass is 654 g/mol. The van der Waals surface area contributed by atoms with E-state index in [9.17, 15) is 0 Å². The summed E-state index contributed by atoms with van der Waals surface area (Å²) in [6.07, 6.45) is 0. The van der Waals surface area contributed by atoms with Gasteiger partial charge in [0.05, 0.1) is 0 Å². The third-order valence-electron chi connectivity index (χ3n) is 11.7. The third kappa shape index (κ3) is 3.66. The molecule has 0 atom stereocenters. The Labute approximate surface area is 300 Å². The summed E-state index contributed by atoms with van der Waals surface area (Å²) in [7, 11) is 0. The molecule has 0 fully saturated rings. The zero-order valence-electron chi connectivity index (χ0n) is 28.3. The molecule has 0 spiro atoms. The second kappa shape index (κ2) is 10.4. The van der Waals surface area contributed by atoms with Crippen molar-refractivity contribution in [2.75, 3.05) is 0 Å². The summed E-state index contributed by atoms with van der Waals surface area (Å²) in [5.41, 5.74) is 5.25. The van der Waals surface area contributed by atoms with Gasteiger partial charge in [0.15, 0.2) is 0 Å². The Morgan fingerprint density at radius 2 is 0.442 bits per heavy atom. The summed E-state index contributed by atoms with van der Waals surface area (Å²) in [4.78, 5) is 0. The first kappa shape index (κ1) is 28.0. The van der Waals surface area contributed by atoms with Gasteiger partial charge in [0.1, 0.15) is 0 Å². The molecule has 0 radical (unpaired) electrons. The normalized spacial score (nSPS) is 12.2. The lowest BCUT2D eigenvalue weighted by atomic mass is 9.77. The molecular formula is C52H30. The SMILES string of the molecule is c1ccc2c(-c3c4cccc5cccc(c6c(-c7c8ccccc8cc8ccccc78)c7cccc8cccc(c36)c87)c54)c3ccccc3cc2c1. The van der Waals surface area contributed by atoms with Crippen molar-refractivity contribution in [3.05, 3.63) is 182 Å². The summed E-state index contributed by atoms with van der Waals surface area (Å²) in [5.74, 6) is 0. The van der Waals surface area contributed by atoms with Crippen LogP contribution in [0.25, 0.3) is 119 Å². The number of benzene rings is 12. The number of hydrogen-bond acceptors (Lipinski definition) is 0. The Balaban J connectivity index is 1.48. The molecule has 0 heteroatoms. The van der Waals surface area contributed by atoms with E-state index in [1.165, 1.54) is 119 Å². The van der Waals surface area contributed by atoms with E-state index >= 15 is 0 Å². The predicted octanol–water partition coefficient (Wildman–Crippen LogP) is 14.8. The zero-order valence-corrected chi connectivity index (χ0v) is 28.3. The topological polar surface area (TPSA) is 0 Å². The standard InChI is InChI=1S/C52H30/c1-5-21-37-33(13-1)29-34-14-2-6-22-38(34)47(37)49-41-25-9-17-31-19-12-28-44(45(31)41)52-50(42-26-10-18-32-20-11-27-43(46(32)42)51(49)52)48-39-23-7-3-15-35(39)30-36-16-4-8-24-40(36)48/h1-30H. The maximum absolute atomic E-state index is 2.38. The molecule has 0 nitrogen and oxygen atoms in total. The molecule has 0 heterocycles. The highest BCUT2D eigenvalue weighted by Crippen LogP contribution is 2.54. The molecule has 12 rings (SSSR count). The molecule has 0 unspecified atom stereocenters. The van der Waals surface area contributed by atoms with Gasteiger partial charge in [-0.05, 0) is 131 Å². The van der Waals surface area contributed by atoms with Crippen molar-refractivity contribution in [1.82, 2.24) is 0 Å². The minimum Gasteiger partial charge on any atom is -0.0616 e. The van der Waals surface area contributed by atoms with Crippen LogP contribution in [0.4, 0.5) is 0 Å². The first-order valence-electron chi connectivity index (χ1n) is 18.2. The second-order valence-electron chi connectivity index (χ2n) is 14.3. The Morgan fingerprint density at radius 3 is 0.788 bits per heavy atom. The summed E-state index contributed by atoms with van der Waals surface area (Å²) in [6.45, 7) is 0. The highest BCUT2D eigenvalue weighted by molar-refractivity contribution is 6.43. The van der Waals surface area contributed by atoms with Crippen LogP contribution in [0.1, 0.15) is 0 Å². The molecule has 0 N–H and O–H groups in total. The maximum atomic E-state index is 2.38. The Hall–Kier alpha value is -6.76. The molecular weight excluding hydrogens is 625 g/mol. The molecule has 0 saturated heterocycles. The van der Waals surface area contributed by atoms with Gasteiger partial charge in [0.2, 0.25) is 0 Å². The second-order valence-corrected chi connectivity index (χ2v) is 14.3. The van der Waals surface area contributed by atoms with Crippen molar-refractivity contribution in [1.29, 1.82) is 0 Å². The van der Waals surface area contributed by atoms with Crippen LogP contribution < -0.4 is 0 Å². The fourth-order valence-corrected chi connectivity index (χ4v) is 9.66. The zero-order chi connectivity index (χ0) is 33.9. The molecule has 0 aromatic heterocycles. The van der Waals surface area contributed by atoms with E-state index in [0.717, 1.165) is 0 Å². The van der Waals surface area contributed by atoms with E-state index in [4.69, 9.17) is 0 Å². The van der Waals surface area contributed by atoms with Crippen molar-refractivity contribution >= 4 is 97.0 Å². The summed E-state index contributed by atoms with van der Waals surface area (Å²) < 4.78 is 0. The summed E-state index contributed by atoms with van der Waals surface area (Å²) >= 11 is 0. The van der Waals surface area contributed by atoms with E-state index in [1.54, 1.807) is 0 Å². The molecule has 12 aromatic rings. The number of fused-ring (bicyclic) bond motifs is 7. The van der Waals surface area contributed by atoms with Crippen molar-refractivity contribution in [2.45, 2.75) is 0 Å². The van der Waals surface area contributed by atoms with Gasteiger partial charge in [-0.1, -0.05) is 170 Å². The van der Waals surface area contributed by atoms with Crippen LogP contribution in [0.2, 0.25) is 0 Å². The van der Waals surface area contributed by atoms with Crippen molar-refractivity contribution < 1.29 is 0 Å². The van der Waals surface area contributed by atoms with Crippen LogP contribution in [0, 0.1) is 0 Å². The lowest BCUT2D eigenvalue weighted by Gasteiger charge is -2.25. The lowest BCUT2D eigenvalue weighted by Crippen LogP contribution is -1.97. The van der Waals surface area contributed by atoms with Gasteiger partial charge in [-0.2, -0.15) is 0 Å². The van der Waals surface area contributed by atoms with Crippen LogP contribution in [0.5, 0.6) is 0 Å². The van der Waals surface area contributed by atoms with Crippen LogP contribution in [-0.4, -0.2) is 0 Å². The minimum atomic E-state index is 1.26. The summed E-state index contributed by atoms with van der Waals surface area (Å²) in [5, 5.41) is 23.2. The fourth-order valence-electron chi connectivity index (χ4n) is 9.66. The van der Waals surface area contributed by atoms with Gasteiger partial charge >= 0.3 is 0 Å². The van der Waals surface area contributed by atoms with Crippen molar-refractivity contribution in [3.63, 3.8) is 0 Å². The first-order valence-corrected chi connectivity index (χ1v) is 18.2. The smallest absolute Gasteiger partial charge is 0.000696 e. The Kier molecular flexibility index (Phi) is 5.59. The molecule has 0 saturated carbocycles. The van der Waals surface area contributed by atoms with Gasteiger partial charge in [-0.25, -0.2) is 0 Å². The van der Waals surface area contributed by atoms with Crippen molar-refractivity contribution in [3.8, 4) is 22.3 Å². The van der Waals surface area contributed by atoms with Crippen LogP contribution in [0.15, 0.2) is 182 Å². The van der Waals surface area contributed by atoms with Gasteiger partial charge in [0, 0.05) is 0 Å². The Morgan fingerprint density at radius 1 is 0.173 bits per heavy atom. The molecule has 12 aromatic carbocycles. The molecule has 238 valence electrons. The van der Waals surface area contributed by atoms with Gasteiger partial charge in [-0.15, -0.1) is 0 Å². The average Bonchev–Trinajstić information content (AvgIpc) is 3.20. The Bertz CT molecular complexity index is 3110. The molecule has 0 aliphatic rings. The summed E-state index contributed by atoms with van der Waals surface area (Å²) in [6, 6.07) is 68.2. The van der Waals surface area contributed by atoms with E-state index in [1.807, 2.05) is 0 Å². The van der Waals surface area contributed by atoms with E-state index < -0.39 is 0 Å². The third-order valence-corrected chi connectivity index (χ3v) is 11.7. The highest BCUT2D eigenvalue weighted by Gasteiger charge is 2.26. The highest BCUT2D eigenvalue weighted by atomic mass is 14.3. The molecule has 0 aliphatic heterocycles. The lowest BCUT2D eigenvalue weighted by molar-refractivity contribution is 1.73. The molecule has 0 aliphatic carbocycles. The van der Waals surface area contributed by atoms with Crippen LogP contribution in [-0.2, 0) is 0 Å². The largest absolute Gasteiger partial charge is 0.0616 e. The predicted molar refractivity (Wildman–Crippen MR) is 226 cm³/mol. The van der Waals surface area contributed by atoms with Gasteiger partial charge in [0.25, 0.3) is 0 Å². The number of rotatable bonds is 2. The quantitative estimate of drug-likeness (QED) is 0.129. The van der Waals surface area contributed by atoms with Gasteiger partial charge in [-0.3, -0.25) is 0 Å². The van der Waals surface area contributed by atoms with Crippen molar-refractivity contribution in [2.24, 2.45) is 0 Å². The molecule has 52 heavy (non-hydrogen) atoms. The fraction of sp³-hybridized carbons (Fsp3) is 0. The number of hydrogen-bond donors (Lipinski definition) is 0. The molecule has 0 amide bonds.